The molecule has 0 aliphatic rings. The van der Waals surface area contributed by atoms with Crippen molar-refractivity contribution >= 4 is 11.8 Å². The maximum absolute atomic E-state index is 5.74. The minimum absolute atomic E-state index is 0.441. The van der Waals surface area contributed by atoms with Gasteiger partial charge in [-0.15, -0.1) is 10.2 Å². The summed E-state index contributed by atoms with van der Waals surface area (Å²) < 4.78 is 16.3. The normalized spacial score (nSPS) is 10.6. The lowest BCUT2D eigenvalue weighted by Crippen LogP contribution is -1.90. The fourth-order valence-electron chi connectivity index (χ4n) is 2.25. The number of nitrogens with zero attached hydrogens (tertiary/aromatic N) is 2. The Hall–Kier alpha value is -2.47. The smallest absolute Gasteiger partial charge is 0.276 e. The molecule has 0 N–H and O–H groups in total. The molecule has 0 radical (unpaired) electrons. The molecule has 0 unspecified atom stereocenters. The second-order valence-electron chi connectivity index (χ2n) is 5.02. The van der Waals surface area contributed by atoms with Crippen molar-refractivity contribution in [1.82, 2.24) is 10.2 Å². The van der Waals surface area contributed by atoms with Crippen molar-refractivity contribution in [3.8, 4) is 23.0 Å². The molecule has 0 amide bonds. The number of aryl methyl sites for hydroxylation is 1. The van der Waals surface area contributed by atoms with Crippen LogP contribution in [-0.4, -0.2) is 30.2 Å². The second kappa shape index (κ2) is 7.88. The van der Waals surface area contributed by atoms with E-state index in [-0.39, 0.29) is 0 Å². The van der Waals surface area contributed by atoms with Gasteiger partial charge in [-0.05, 0) is 24.1 Å². The van der Waals surface area contributed by atoms with Gasteiger partial charge in [-0.1, -0.05) is 42.1 Å². The lowest BCUT2D eigenvalue weighted by Gasteiger charge is -2.07. The summed E-state index contributed by atoms with van der Waals surface area (Å²) >= 11 is 1.55. The summed E-state index contributed by atoms with van der Waals surface area (Å²) in [6.45, 7) is 0. The average Bonchev–Trinajstić information content (AvgIpc) is 3.10. The van der Waals surface area contributed by atoms with Crippen molar-refractivity contribution in [3.05, 3.63) is 54.1 Å². The third-order valence-corrected chi connectivity index (χ3v) is 4.32. The number of aromatic nitrogens is 2. The standard InChI is InChI=1S/C18H18N2O3S/c1-21-14-8-9-15(16(12-14)22-2)17-19-20-18(23-17)24-11-10-13-6-4-3-5-7-13/h3-9,12H,10-11H2,1-2H3. The molecule has 24 heavy (non-hydrogen) atoms. The van der Waals surface area contributed by atoms with Gasteiger partial charge in [0.05, 0.1) is 19.8 Å². The summed E-state index contributed by atoms with van der Waals surface area (Å²) in [7, 11) is 3.22. The Kier molecular flexibility index (Phi) is 5.38. The Labute approximate surface area is 145 Å². The van der Waals surface area contributed by atoms with E-state index in [1.165, 1.54) is 5.56 Å². The van der Waals surface area contributed by atoms with Gasteiger partial charge >= 0.3 is 0 Å². The Morgan fingerprint density at radius 3 is 2.58 bits per heavy atom. The van der Waals surface area contributed by atoms with Gasteiger partial charge < -0.3 is 13.9 Å². The van der Waals surface area contributed by atoms with Gasteiger partial charge in [0.1, 0.15) is 11.5 Å². The van der Waals surface area contributed by atoms with Gasteiger partial charge in [-0.25, -0.2) is 0 Å². The van der Waals surface area contributed by atoms with E-state index in [1.807, 2.05) is 30.3 Å². The highest BCUT2D eigenvalue weighted by Crippen LogP contribution is 2.33. The lowest BCUT2D eigenvalue weighted by atomic mass is 10.2. The average molecular weight is 342 g/mol. The maximum atomic E-state index is 5.74. The Morgan fingerprint density at radius 1 is 1.00 bits per heavy atom. The molecule has 5 nitrogen and oxygen atoms in total. The van der Waals surface area contributed by atoms with E-state index in [1.54, 1.807) is 32.0 Å². The van der Waals surface area contributed by atoms with Crippen LogP contribution in [0.4, 0.5) is 0 Å². The van der Waals surface area contributed by atoms with Crippen LogP contribution in [0.2, 0.25) is 0 Å². The minimum atomic E-state index is 0.441. The van der Waals surface area contributed by atoms with Gasteiger partial charge in [0.15, 0.2) is 0 Å². The van der Waals surface area contributed by atoms with Crippen LogP contribution in [0.15, 0.2) is 58.2 Å². The zero-order valence-electron chi connectivity index (χ0n) is 13.6. The molecule has 0 atom stereocenters. The van der Waals surface area contributed by atoms with Crippen LogP contribution in [0.25, 0.3) is 11.5 Å². The van der Waals surface area contributed by atoms with Crippen LogP contribution in [0.5, 0.6) is 11.5 Å². The predicted molar refractivity (Wildman–Crippen MR) is 93.7 cm³/mol. The summed E-state index contributed by atoms with van der Waals surface area (Å²) in [6, 6.07) is 15.8. The Balaban J connectivity index is 1.67. The molecular formula is C18H18N2O3S. The fourth-order valence-corrected chi connectivity index (χ4v) is 3.00. The summed E-state index contributed by atoms with van der Waals surface area (Å²) in [5.74, 6) is 2.67. The number of hydrogen-bond donors (Lipinski definition) is 0. The summed E-state index contributed by atoms with van der Waals surface area (Å²) in [5, 5.41) is 8.77. The highest BCUT2D eigenvalue weighted by molar-refractivity contribution is 7.99. The molecule has 2 aromatic carbocycles. The molecule has 6 heteroatoms. The van der Waals surface area contributed by atoms with Crippen molar-refractivity contribution in [2.45, 2.75) is 11.6 Å². The van der Waals surface area contributed by atoms with Crippen LogP contribution in [-0.2, 0) is 6.42 Å². The Morgan fingerprint density at radius 2 is 1.83 bits per heavy atom. The molecule has 0 aliphatic carbocycles. The first-order chi connectivity index (χ1) is 11.8. The van der Waals surface area contributed by atoms with E-state index in [0.29, 0.717) is 22.6 Å². The van der Waals surface area contributed by atoms with Crippen LogP contribution in [0, 0.1) is 0 Å². The third kappa shape index (κ3) is 3.89. The summed E-state index contributed by atoms with van der Waals surface area (Å²) in [4.78, 5) is 0. The van der Waals surface area contributed by atoms with E-state index in [4.69, 9.17) is 13.9 Å². The Bertz CT molecular complexity index is 790. The molecule has 0 saturated heterocycles. The van der Waals surface area contributed by atoms with Crippen molar-refractivity contribution in [2.24, 2.45) is 0 Å². The zero-order valence-corrected chi connectivity index (χ0v) is 14.4. The molecule has 124 valence electrons. The minimum Gasteiger partial charge on any atom is -0.497 e. The van der Waals surface area contributed by atoms with Gasteiger partial charge in [0.2, 0.25) is 0 Å². The van der Waals surface area contributed by atoms with Crippen LogP contribution in [0.1, 0.15) is 5.56 Å². The molecule has 3 rings (SSSR count). The molecule has 1 aromatic heterocycles. The fraction of sp³-hybridized carbons (Fsp3) is 0.222. The topological polar surface area (TPSA) is 57.4 Å². The largest absolute Gasteiger partial charge is 0.497 e. The second-order valence-corrected chi connectivity index (χ2v) is 6.07. The van der Waals surface area contributed by atoms with Gasteiger partial charge in [-0.2, -0.15) is 0 Å². The van der Waals surface area contributed by atoms with Gasteiger partial charge in [0.25, 0.3) is 11.1 Å². The third-order valence-electron chi connectivity index (χ3n) is 3.50. The quantitative estimate of drug-likeness (QED) is 0.603. The monoisotopic (exact) mass is 342 g/mol. The molecule has 0 saturated carbocycles. The van der Waals surface area contributed by atoms with Crippen LogP contribution < -0.4 is 9.47 Å². The van der Waals surface area contributed by atoms with E-state index in [2.05, 4.69) is 22.3 Å². The molecule has 0 fully saturated rings. The summed E-state index contributed by atoms with van der Waals surface area (Å²) in [6.07, 6.45) is 0.953. The number of benzene rings is 2. The molecule has 3 aromatic rings. The first-order valence-corrected chi connectivity index (χ1v) is 8.51. The van der Waals surface area contributed by atoms with Gasteiger partial charge in [0, 0.05) is 11.8 Å². The molecule has 0 spiro atoms. The predicted octanol–water partition coefficient (Wildman–Crippen LogP) is 4.09. The van der Waals surface area contributed by atoms with Gasteiger partial charge in [-0.3, -0.25) is 0 Å². The van der Waals surface area contributed by atoms with E-state index in [0.717, 1.165) is 17.7 Å². The molecule has 0 aliphatic heterocycles. The van der Waals surface area contributed by atoms with Crippen molar-refractivity contribution in [1.29, 1.82) is 0 Å². The lowest BCUT2D eigenvalue weighted by molar-refractivity contribution is 0.393. The number of thioether (sulfide) groups is 1. The summed E-state index contributed by atoms with van der Waals surface area (Å²) in [5.41, 5.74) is 2.04. The SMILES string of the molecule is COc1ccc(-c2nnc(SCCc3ccccc3)o2)c(OC)c1. The first kappa shape index (κ1) is 16.4. The van der Waals surface area contributed by atoms with Crippen LogP contribution >= 0.6 is 11.8 Å². The zero-order chi connectivity index (χ0) is 16.8. The molecule has 1 heterocycles. The maximum Gasteiger partial charge on any atom is 0.276 e. The van der Waals surface area contributed by atoms with Crippen molar-refractivity contribution in [2.75, 3.05) is 20.0 Å². The first-order valence-electron chi connectivity index (χ1n) is 7.53. The highest BCUT2D eigenvalue weighted by Gasteiger charge is 2.14. The molecular weight excluding hydrogens is 324 g/mol. The van der Waals surface area contributed by atoms with E-state index >= 15 is 0 Å². The van der Waals surface area contributed by atoms with Crippen LogP contribution in [0.3, 0.4) is 0 Å². The van der Waals surface area contributed by atoms with Crippen molar-refractivity contribution < 1.29 is 13.9 Å². The van der Waals surface area contributed by atoms with E-state index in [9.17, 15) is 0 Å². The van der Waals surface area contributed by atoms with E-state index < -0.39 is 0 Å². The number of rotatable bonds is 7. The van der Waals surface area contributed by atoms with Crippen molar-refractivity contribution in [3.63, 3.8) is 0 Å². The number of ether oxygens (including phenoxy) is 2. The number of methoxy groups -OCH3 is 2. The molecule has 0 bridgehead atoms. The number of hydrogen-bond acceptors (Lipinski definition) is 6. The highest BCUT2D eigenvalue weighted by atomic mass is 32.2.